The van der Waals surface area contributed by atoms with Crippen molar-refractivity contribution < 1.29 is 24.2 Å². The van der Waals surface area contributed by atoms with Gasteiger partial charge in [-0.15, -0.1) is 10.2 Å². The number of methoxy groups -OCH3 is 2. The minimum Gasteiger partial charge on any atom is -0.493 e. The van der Waals surface area contributed by atoms with E-state index < -0.39 is 5.97 Å². The Hall–Kier alpha value is -4.64. The second kappa shape index (κ2) is 11.9. The fourth-order valence-electron chi connectivity index (χ4n) is 3.39. The largest absolute Gasteiger partial charge is 0.493 e. The number of carbonyl (C=O) groups is 2. The van der Waals surface area contributed by atoms with Crippen molar-refractivity contribution in [3.8, 4) is 28.6 Å². The van der Waals surface area contributed by atoms with E-state index in [2.05, 4.69) is 20.7 Å². The molecule has 2 N–H and O–H groups in total. The first kappa shape index (κ1) is 25.5. The highest BCUT2D eigenvalue weighted by molar-refractivity contribution is 7.99. The second-order valence-corrected chi connectivity index (χ2v) is 8.50. The number of ether oxygens (including phenoxy) is 2. The number of thioether (sulfide) groups is 1. The molecule has 0 atom stereocenters. The number of hydrogen-bond donors (Lipinski definition) is 2. The zero-order valence-corrected chi connectivity index (χ0v) is 20.8. The molecule has 0 radical (unpaired) electrons. The molecule has 0 saturated heterocycles. The van der Waals surface area contributed by atoms with Crippen molar-refractivity contribution in [2.45, 2.75) is 5.16 Å². The monoisotopic (exact) mass is 517 g/mol. The van der Waals surface area contributed by atoms with Crippen LogP contribution in [0.3, 0.4) is 0 Å². The summed E-state index contributed by atoms with van der Waals surface area (Å²) in [5.41, 5.74) is 4.90. The lowest BCUT2D eigenvalue weighted by molar-refractivity contribution is -0.118. The van der Waals surface area contributed by atoms with Crippen LogP contribution in [0.25, 0.3) is 17.1 Å². The van der Waals surface area contributed by atoms with Crippen LogP contribution >= 0.6 is 11.8 Å². The highest BCUT2D eigenvalue weighted by Crippen LogP contribution is 2.34. The van der Waals surface area contributed by atoms with Gasteiger partial charge in [0.25, 0.3) is 5.91 Å². The lowest BCUT2D eigenvalue weighted by Crippen LogP contribution is -2.20. The molecule has 3 aromatic carbocycles. The molecule has 0 aliphatic heterocycles. The summed E-state index contributed by atoms with van der Waals surface area (Å²) in [4.78, 5) is 23.4. The molecule has 1 aromatic heterocycles. The topological polar surface area (TPSA) is 128 Å². The van der Waals surface area contributed by atoms with Crippen molar-refractivity contribution in [3.63, 3.8) is 0 Å². The van der Waals surface area contributed by atoms with Gasteiger partial charge in [-0.05, 0) is 48.0 Å². The molecule has 0 spiro atoms. The Kier molecular flexibility index (Phi) is 8.16. The minimum atomic E-state index is -1.01. The number of hydrazone groups is 1. The summed E-state index contributed by atoms with van der Waals surface area (Å²) in [6.45, 7) is 0. The lowest BCUT2D eigenvalue weighted by atomic mass is 10.1. The van der Waals surface area contributed by atoms with Gasteiger partial charge in [-0.25, -0.2) is 10.2 Å². The van der Waals surface area contributed by atoms with Crippen molar-refractivity contribution in [1.82, 2.24) is 20.2 Å². The van der Waals surface area contributed by atoms with Crippen LogP contribution in [0, 0.1) is 0 Å². The van der Waals surface area contributed by atoms with Gasteiger partial charge in [0, 0.05) is 11.3 Å². The normalized spacial score (nSPS) is 10.9. The van der Waals surface area contributed by atoms with E-state index in [4.69, 9.17) is 14.6 Å². The number of rotatable bonds is 10. The summed E-state index contributed by atoms with van der Waals surface area (Å²) >= 11 is 1.22. The van der Waals surface area contributed by atoms with Gasteiger partial charge in [-0.3, -0.25) is 9.36 Å². The third kappa shape index (κ3) is 6.14. The van der Waals surface area contributed by atoms with Crippen molar-refractivity contribution in [3.05, 3.63) is 83.9 Å². The zero-order chi connectivity index (χ0) is 26.2. The number of amides is 1. The van der Waals surface area contributed by atoms with Crippen LogP contribution in [0.15, 0.2) is 83.1 Å². The Labute approximate surface area is 217 Å². The van der Waals surface area contributed by atoms with Crippen LogP contribution in [0.2, 0.25) is 0 Å². The molecular formula is C26H23N5O5S. The van der Waals surface area contributed by atoms with E-state index in [1.165, 1.54) is 30.1 Å². The fourth-order valence-corrected chi connectivity index (χ4v) is 4.13. The van der Waals surface area contributed by atoms with Gasteiger partial charge >= 0.3 is 5.97 Å². The van der Waals surface area contributed by atoms with Crippen LogP contribution in [-0.2, 0) is 4.79 Å². The predicted molar refractivity (Wildman–Crippen MR) is 140 cm³/mol. The number of aromatic carboxylic acids is 1. The van der Waals surface area contributed by atoms with Crippen molar-refractivity contribution in [1.29, 1.82) is 0 Å². The van der Waals surface area contributed by atoms with Crippen molar-refractivity contribution >= 4 is 29.9 Å². The fraction of sp³-hybridized carbons (Fsp3) is 0.115. The molecule has 4 aromatic rings. The van der Waals surface area contributed by atoms with E-state index in [9.17, 15) is 9.59 Å². The van der Waals surface area contributed by atoms with Crippen LogP contribution in [0.1, 0.15) is 15.9 Å². The Morgan fingerprint density at radius 2 is 1.73 bits per heavy atom. The van der Waals surface area contributed by atoms with Crippen LogP contribution in [-0.4, -0.2) is 57.9 Å². The number of hydrogen-bond acceptors (Lipinski definition) is 8. The maximum atomic E-state index is 12.4. The smallest absolute Gasteiger partial charge is 0.335 e. The molecule has 37 heavy (non-hydrogen) atoms. The summed E-state index contributed by atoms with van der Waals surface area (Å²) in [5.74, 6) is 0.447. The highest BCUT2D eigenvalue weighted by Gasteiger charge is 2.18. The number of nitrogens with zero attached hydrogens (tertiary/aromatic N) is 4. The summed E-state index contributed by atoms with van der Waals surface area (Å²) in [5, 5.41) is 22.1. The molecule has 0 aliphatic rings. The van der Waals surface area contributed by atoms with Gasteiger partial charge < -0.3 is 14.6 Å². The van der Waals surface area contributed by atoms with E-state index in [1.807, 2.05) is 47.0 Å². The van der Waals surface area contributed by atoms with Crippen LogP contribution < -0.4 is 14.9 Å². The first-order valence-electron chi connectivity index (χ1n) is 11.0. The second-order valence-electron chi connectivity index (χ2n) is 7.56. The minimum absolute atomic E-state index is 0.0478. The zero-order valence-electron chi connectivity index (χ0n) is 20.0. The Morgan fingerprint density at radius 1 is 1.00 bits per heavy atom. The van der Waals surface area contributed by atoms with E-state index in [0.717, 1.165) is 11.3 Å². The number of benzene rings is 3. The number of carbonyl (C=O) groups excluding carboxylic acids is 1. The standard InChI is InChI=1S/C26H23N5O5S/c1-35-21-13-12-19(14-22(21)36-2)24-29-30-26(31(24)20-6-4-3-5-7-20)37-16-23(32)28-27-15-17-8-10-18(11-9-17)25(33)34/h3-15H,16H2,1-2H3,(H,28,32)(H,33,34)/b27-15+. The average Bonchev–Trinajstić information content (AvgIpc) is 3.36. The predicted octanol–water partition coefficient (Wildman–Crippen LogP) is 3.89. The first-order chi connectivity index (χ1) is 18.0. The summed E-state index contributed by atoms with van der Waals surface area (Å²) in [6, 6.07) is 21.2. The molecule has 0 aliphatic carbocycles. The van der Waals surface area contributed by atoms with E-state index in [0.29, 0.717) is 28.0 Å². The van der Waals surface area contributed by atoms with Gasteiger partial charge in [-0.2, -0.15) is 5.10 Å². The van der Waals surface area contributed by atoms with E-state index in [-0.39, 0.29) is 17.2 Å². The van der Waals surface area contributed by atoms with Gasteiger partial charge in [0.05, 0.1) is 31.8 Å². The van der Waals surface area contributed by atoms with Crippen molar-refractivity contribution in [2.75, 3.05) is 20.0 Å². The van der Waals surface area contributed by atoms with Gasteiger partial charge in [0.1, 0.15) is 0 Å². The Balaban J connectivity index is 1.50. The van der Waals surface area contributed by atoms with Gasteiger partial charge in [-0.1, -0.05) is 42.1 Å². The third-order valence-corrected chi connectivity index (χ3v) is 6.11. The van der Waals surface area contributed by atoms with Crippen molar-refractivity contribution in [2.24, 2.45) is 5.10 Å². The van der Waals surface area contributed by atoms with E-state index in [1.54, 1.807) is 32.4 Å². The van der Waals surface area contributed by atoms with Gasteiger partial charge in [0.15, 0.2) is 22.5 Å². The van der Waals surface area contributed by atoms with E-state index >= 15 is 0 Å². The quantitative estimate of drug-likeness (QED) is 0.184. The molecule has 4 rings (SSSR count). The molecule has 0 fully saturated rings. The highest BCUT2D eigenvalue weighted by atomic mass is 32.2. The number of nitrogens with one attached hydrogen (secondary N) is 1. The first-order valence-corrected chi connectivity index (χ1v) is 12.0. The third-order valence-electron chi connectivity index (χ3n) is 5.18. The molecule has 1 heterocycles. The van der Waals surface area contributed by atoms with Gasteiger partial charge in [0.2, 0.25) is 0 Å². The molecule has 10 nitrogen and oxygen atoms in total. The maximum absolute atomic E-state index is 12.4. The molecule has 0 unspecified atom stereocenters. The number of para-hydroxylation sites is 1. The van der Waals surface area contributed by atoms with Crippen LogP contribution in [0.5, 0.6) is 11.5 Å². The Bertz CT molecular complexity index is 1420. The number of carboxylic acids is 1. The Morgan fingerprint density at radius 3 is 2.41 bits per heavy atom. The number of aromatic nitrogens is 3. The summed E-state index contributed by atoms with van der Waals surface area (Å²) in [6.07, 6.45) is 1.44. The maximum Gasteiger partial charge on any atom is 0.335 e. The number of carboxylic acid groups (broad SMARTS) is 1. The summed E-state index contributed by atoms with van der Waals surface area (Å²) in [7, 11) is 3.14. The summed E-state index contributed by atoms with van der Waals surface area (Å²) < 4.78 is 12.6. The molecule has 11 heteroatoms. The molecule has 1 amide bonds. The molecule has 0 saturated carbocycles. The SMILES string of the molecule is COc1ccc(-c2nnc(SCC(=O)N/N=C/c3ccc(C(=O)O)cc3)n2-c2ccccc2)cc1OC. The molecule has 188 valence electrons. The molecule has 0 bridgehead atoms. The molecular weight excluding hydrogens is 494 g/mol. The average molecular weight is 518 g/mol. The lowest BCUT2D eigenvalue weighted by Gasteiger charge is -2.12. The van der Waals surface area contributed by atoms with Crippen LogP contribution in [0.4, 0.5) is 0 Å².